The predicted molar refractivity (Wildman–Crippen MR) is 90.9 cm³/mol. The second-order valence-electron chi connectivity index (χ2n) is 7.88. The first-order valence-corrected chi connectivity index (χ1v) is 8.55. The fraction of sp³-hybridized carbons (Fsp3) is 0.941. The summed E-state index contributed by atoms with van der Waals surface area (Å²) in [5.41, 5.74) is -0.869. The minimum atomic E-state index is -0.869. The van der Waals surface area contributed by atoms with E-state index in [1.807, 2.05) is 0 Å². The van der Waals surface area contributed by atoms with Gasteiger partial charge in [-0.15, -0.1) is 0 Å². The Morgan fingerprint density at radius 1 is 1.36 bits per heavy atom. The average molecular weight is 313 g/mol. The molecule has 1 aliphatic heterocycles. The van der Waals surface area contributed by atoms with Crippen molar-refractivity contribution in [3.8, 4) is 0 Å². The van der Waals surface area contributed by atoms with E-state index in [1.54, 1.807) is 25.8 Å². The summed E-state index contributed by atoms with van der Waals surface area (Å²) in [7, 11) is 1.72. The molecule has 0 radical (unpaired) electrons. The van der Waals surface area contributed by atoms with Gasteiger partial charge < -0.3 is 15.3 Å². The van der Waals surface area contributed by atoms with Gasteiger partial charge in [-0.05, 0) is 51.6 Å². The molecular formula is C17H35N3O2. The van der Waals surface area contributed by atoms with Crippen molar-refractivity contribution in [2.75, 3.05) is 33.2 Å². The van der Waals surface area contributed by atoms with Gasteiger partial charge in [0.25, 0.3) is 0 Å². The highest BCUT2D eigenvalue weighted by molar-refractivity contribution is 5.73. The lowest BCUT2D eigenvalue weighted by Gasteiger charge is -2.39. The molecule has 1 aliphatic rings. The number of urea groups is 1. The molecule has 2 amide bonds. The van der Waals surface area contributed by atoms with Crippen molar-refractivity contribution in [3.63, 3.8) is 0 Å². The van der Waals surface area contributed by atoms with Crippen LogP contribution in [0.25, 0.3) is 0 Å². The van der Waals surface area contributed by atoms with Crippen LogP contribution in [0.3, 0.4) is 0 Å². The average Bonchev–Trinajstić information content (AvgIpc) is 2.38. The van der Waals surface area contributed by atoms with Gasteiger partial charge in [-0.2, -0.15) is 0 Å². The van der Waals surface area contributed by atoms with Crippen LogP contribution in [-0.2, 0) is 0 Å². The van der Waals surface area contributed by atoms with Gasteiger partial charge in [0, 0.05) is 19.6 Å². The van der Waals surface area contributed by atoms with Crippen LogP contribution in [0.1, 0.15) is 47.5 Å². The summed E-state index contributed by atoms with van der Waals surface area (Å²) in [6.07, 6.45) is 2.49. The van der Waals surface area contributed by atoms with Crippen molar-refractivity contribution in [2.24, 2.45) is 11.8 Å². The summed E-state index contributed by atoms with van der Waals surface area (Å²) in [4.78, 5) is 16.2. The molecule has 0 bridgehead atoms. The molecule has 1 atom stereocenters. The van der Waals surface area contributed by atoms with Gasteiger partial charge in [0.15, 0.2) is 0 Å². The molecule has 1 rings (SSSR count). The number of rotatable bonds is 6. The fourth-order valence-corrected chi connectivity index (χ4v) is 3.13. The van der Waals surface area contributed by atoms with E-state index in [0.29, 0.717) is 25.0 Å². The first kappa shape index (κ1) is 19.2. The number of amides is 2. The third kappa shape index (κ3) is 6.53. The Morgan fingerprint density at radius 3 is 2.36 bits per heavy atom. The van der Waals surface area contributed by atoms with Crippen molar-refractivity contribution in [1.82, 2.24) is 15.1 Å². The third-order valence-electron chi connectivity index (χ3n) is 4.49. The largest absolute Gasteiger partial charge is 0.389 e. The lowest BCUT2D eigenvalue weighted by molar-refractivity contribution is 0.0522. The smallest absolute Gasteiger partial charge is 0.317 e. The van der Waals surface area contributed by atoms with Crippen LogP contribution in [0.5, 0.6) is 0 Å². The highest BCUT2D eigenvalue weighted by Gasteiger charge is 2.27. The quantitative estimate of drug-likeness (QED) is 0.790. The summed E-state index contributed by atoms with van der Waals surface area (Å²) in [5.74, 6) is 1.32. The van der Waals surface area contributed by atoms with E-state index in [2.05, 4.69) is 31.0 Å². The van der Waals surface area contributed by atoms with E-state index in [9.17, 15) is 9.90 Å². The molecule has 5 nitrogen and oxygen atoms in total. The number of carbonyl (C=O) groups excluding carboxylic acids is 1. The van der Waals surface area contributed by atoms with E-state index in [-0.39, 0.29) is 6.03 Å². The van der Waals surface area contributed by atoms with Crippen LogP contribution >= 0.6 is 0 Å². The molecule has 2 N–H and O–H groups in total. The van der Waals surface area contributed by atoms with Crippen LogP contribution in [0.15, 0.2) is 0 Å². The molecule has 0 saturated carbocycles. The molecule has 0 aromatic heterocycles. The number of hydrogen-bond acceptors (Lipinski definition) is 3. The topological polar surface area (TPSA) is 55.8 Å². The number of aliphatic hydroxyl groups is 1. The zero-order valence-electron chi connectivity index (χ0n) is 15.2. The molecule has 22 heavy (non-hydrogen) atoms. The maximum atomic E-state index is 12.2. The molecule has 1 unspecified atom stereocenters. The Labute approximate surface area is 136 Å². The van der Waals surface area contributed by atoms with Gasteiger partial charge in [-0.1, -0.05) is 20.8 Å². The third-order valence-corrected chi connectivity index (χ3v) is 4.49. The standard InChI is InChI=1S/C17H35N3O2/c1-13(2)15(20-9-7-14(3)8-10-20)11-18-16(21)19(6)12-17(4,5)22/h13-15,22H,7-12H2,1-6H3,(H,18,21). The van der Waals surface area contributed by atoms with Gasteiger partial charge >= 0.3 is 6.03 Å². The number of nitrogens with zero attached hydrogens (tertiary/aromatic N) is 2. The van der Waals surface area contributed by atoms with Gasteiger partial charge in [0.2, 0.25) is 0 Å². The molecule has 1 heterocycles. The lowest BCUT2D eigenvalue weighted by atomic mass is 9.94. The molecular weight excluding hydrogens is 278 g/mol. The number of likely N-dealkylation sites (N-methyl/N-ethyl adjacent to an activating group) is 1. The van der Waals surface area contributed by atoms with Crippen LogP contribution in [0.2, 0.25) is 0 Å². The Kier molecular flexibility index (Phi) is 7.13. The van der Waals surface area contributed by atoms with Gasteiger partial charge in [0.1, 0.15) is 0 Å². The summed E-state index contributed by atoms with van der Waals surface area (Å²) < 4.78 is 0. The minimum Gasteiger partial charge on any atom is -0.389 e. The summed E-state index contributed by atoms with van der Waals surface area (Å²) in [5, 5.41) is 12.8. The number of piperidine rings is 1. The number of likely N-dealkylation sites (tertiary alicyclic amines) is 1. The van der Waals surface area contributed by atoms with Gasteiger partial charge in [-0.25, -0.2) is 4.79 Å². The van der Waals surface area contributed by atoms with Crippen LogP contribution < -0.4 is 5.32 Å². The number of hydrogen-bond donors (Lipinski definition) is 2. The van der Waals surface area contributed by atoms with Crippen molar-refractivity contribution < 1.29 is 9.90 Å². The van der Waals surface area contributed by atoms with Crippen LogP contribution in [-0.4, -0.2) is 65.8 Å². The molecule has 5 heteroatoms. The highest BCUT2D eigenvalue weighted by Crippen LogP contribution is 2.21. The Hall–Kier alpha value is -0.810. The van der Waals surface area contributed by atoms with E-state index in [1.165, 1.54) is 12.8 Å². The van der Waals surface area contributed by atoms with Crippen molar-refractivity contribution in [2.45, 2.75) is 59.1 Å². The second kappa shape index (κ2) is 8.16. The number of nitrogens with one attached hydrogen (secondary N) is 1. The molecule has 1 fully saturated rings. The zero-order valence-corrected chi connectivity index (χ0v) is 15.2. The van der Waals surface area contributed by atoms with Crippen molar-refractivity contribution in [3.05, 3.63) is 0 Å². The normalized spacial score (nSPS) is 19.3. The maximum Gasteiger partial charge on any atom is 0.317 e. The molecule has 0 spiro atoms. The molecule has 0 aromatic rings. The van der Waals surface area contributed by atoms with Crippen LogP contribution in [0, 0.1) is 11.8 Å². The molecule has 1 saturated heterocycles. The number of carbonyl (C=O) groups is 1. The molecule has 130 valence electrons. The Morgan fingerprint density at radius 2 is 1.91 bits per heavy atom. The SMILES string of the molecule is CC1CCN(C(CNC(=O)N(C)CC(C)(C)O)C(C)C)CC1. The maximum absolute atomic E-state index is 12.2. The Bertz CT molecular complexity index is 344. The first-order chi connectivity index (χ1) is 10.1. The molecule has 0 aromatic carbocycles. The van der Waals surface area contributed by atoms with E-state index >= 15 is 0 Å². The van der Waals surface area contributed by atoms with Crippen molar-refractivity contribution in [1.29, 1.82) is 0 Å². The predicted octanol–water partition coefficient (Wildman–Crippen LogP) is 2.16. The molecule has 0 aliphatic carbocycles. The summed E-state index contributed by atoms with van der Waals surface area (Å²) >= 11 is 0. The zero-order chi connectivity index (χ0) is 16.9. The van der Waals surface area contributed by atoms with Crippen molar-refractivity contribution >= 4 is 6.03 Å². The van der Waals surface area contributed by atoms with E-state index < -0.39 is 5.60 Å². The summed E-state index contributed by atoms with van der Waals surface area (Å²) in [6.45, 7) is 13.4. The second-order valence-corrected chi connectivity index (χ2v) is 7.88. The lowest BCUT2D eigenvalue weighted by Crippen LogP contribution is -2.52. The highest BCUT2D eigenvalue weighted by atomic mass is 16.3. The first-order valence-electron chi connectivity index (χ1n) is 8.55. The van der Waals surface area contributed by atoms with E-state index in [0.717, 1.165) is 19.0 Å². The minimum absolute atomic E-state index is 0.113. The Balaban J connectivity index is 2.49. The summed E-state index contributed by atoms with van der Waals surface area (Å²) in [6, 6.07) is 0.269. The monoisotopic (exact) mass is 313 g/mol. The van der Waals surface area contributed by atoms with Crippen LogP contribution in [0.4, 0.5) is 4.79 Å². The van der Waals surface area contributed by atoms with E-state index in [4.69, 9.17) is 0 Å². The van der Waals surface area contributed by atoms with Gasteiger partial charge in [0.05, 0.1) is 12.1 Å². The van der Waals surface area contributed by atoms with Gasteiger partial charge in [-0.3, -0.25) is 4.90 Å². The fourth-order valence-electron chi connectivity index (χ4n) is 3.13.